The van der Waals surface area contributed by atoms with Crippen molar-refractivity contribution in [2.45, 2.75) is 26.2 Å². The minimum absolute atomic E-state index is 0.0161. The second kappa shape index (κ2) is 7.47. The molecular weight excluding hydrogens is 230 g/mol. The second-order valence-corrected chi connectivity index (χ2v) is 3.90. The maximum atomic E-state index is 11.1. The Bertz CT molecular complexity index is 394. The van der Waals surface area contributed by atoms with Crippen LogP contribution in [0, 0.1) is 0 Å². The lowest BCUT2D eigenvalue weighted by Crippen LogP contribution is -2.21. The topological polar surface area (TPSA) is 78.9 Å². The van der Waals surface area contributed by atoms with E-state index in [9.17, 15) is 4.79 Å². The molecule has 0 bridgehead atoms. The molecule has 0 unspecified atom stereocenters. The molecule has 0 aliphatic heterocycles. The summed E-state index contributed by atoms with van der Waals surface area (Å²) in [6, 6.07) is 0. The Balaban J connectivity index is 2.71. The molecule has 0 aliphatic carbocycles. The van der Waals surface area contributed by atoms with Crippen molar-refractivity contribution in [3.05, 3.63) is 11.9 Å². The third kappa shape index (κ3) is 3.87. The first-order chi connectivity index (χ1) is 8.72. The van der Waals surface area contributed by atoms with Gasteiger partial charge in [0.15, 0.2) is 0 Å². The minimum Gasteiger partial charge on any atom is -0.373 e. The Labute approximate surface area is 108 Å². The van der Waals surface area contributed by atoms with Gasteiger partial charge in [-0.15, -0.1) is 0 Å². The highest BCUT2D eigenvalue weighted by molar-refractivity contribution is 5.76. The van der Waals surface area contributed by atoms with E-state index in [0.29, 0.717) is 13.0 Å². The van der Waals surface area contributed by atoms with Crippen molar-refractivity contribution in [3.63, 3.8) is 0 Å². The highest BCUT2D eigenvalue weighted by atomic mass is 16.1. The van der Waals surface area contributed by atoms with Crippen LogP contribution < -0.4 is 16.0 Å². The molecule has 0 saturated carbocycles. The van der Waals surface area contributed by atoms with E-state index in [-0.39, 0.29) is 5.91 Å². The van der Waals surface area contributed by atoms with Gasteiger partial charge >= 0.3 is 0 Å². The van der Waals surface area contributed by atoms with Crippen LogP contribution >= 0.6 is 0 Å². The first-order valence-corrected chi connectivity index (χ1v) is 6.19. The lowest BCUT2D eigenvalue weighted by Gasteiger charge is -2.13. The van der Waals surface area contributed by atoms with Crippen LogP contribution in [0.2, 0.25) is 0 Å². The van der Waals surface area contributed by atoms with E-state index in [1.807, 2.05) is 7.05 Å². The highest BCUT2D eigenvalue weighted by Crippen LogP contribution is 2.20. The summed E-state index contributed by atoms with van der Waals surface area (Å²) in [5.41, 5.74) is 1.07. The third-order valence-electron chi connectivity index (χ3n) is 2.61. The number of hydrogen-bond acceptors (Lipinski definition) is 5. The Morgan fingerprint density at radius 1 is 1.28 bits per heavy atom. The average molecular weight is 251 g/mol. The van der Waals surface area contributed by atoms with E-state index in [0.717, 1.165) is 30.0 Å². The molecule has 1 aromatic rings. The fourth-order valence-corrected chi connectivity index (χ4v) is 1.69. The van der Waals surface area contributed by atoms with Gasteiger partial charge in [0.2, 0.25) is 5.91 Å². The monoisotopic (exact) mass is 251 g/mol. The lowest BCUT2D eigenvalue weighted by atomic mass is 10.1. The first-order valence-electron chi connectivity index (χ1n) is 6.19. The maximum absolute atomic E-state index is 11.1. The second-order valence-electron chi connectivity index (χ2n) is 3.90. The molecule has 0 spiro atoms. The molecular formula is C12H21N5O. The lowest BCUT2D eigenvalue weighted by molar-refractivity contribution is -0.120. The van der Waals surface area contributed by atoms with Gasteiger partial charge in [0.05, 0.1) is 0 Å². The van der Waals surface area contributed by atoms with Gasteiger partial charge in [0, 0.05) is 32.6 Å². The number of hydrogen-bond donors (Lipinski definition) is 3. The molecule has 6 heteroatoms. The van der Waals surface area contributed by atoms with Gasteiger partial charge in [-0.05, 0) is 6.42 Å². The summed E-state index contributed by atoms with van der Waals surface area (Å²) in [7, 11) is 3.48. The van der Waals surface area contributed by atoms with Crippen molar-refractivity contribution in [1.82, 2.24) is 15.3 Å². The Hall–Kier alpha value is -1.85. The molecule has 0 atom stereocenters. The molecule has 1 amide bonds. The SMILES string of the molecule is CCCc1c(NC)ncnc1NCCC(=O)NC. The van der Waals surface area contributed by atoms with Crippen LogP contribution in [0.15, 0.2) is 6.33 Å². The van der Waals surface area contributed by atoms with E-state index < -0.39 is 0 Å². The van der Waals surface area contributed by atoms with Crippen LogP contribution in [0.1, 0.15) is 25.3 Å². The fraction of sp³-hybridized carbons (Fsp3) is 0.583. The van der Waals surface area contributed by atoms with Gasteiger partial charge < -0.3 is 16.0 Å². The molecule has 1 aromatic heterocycles. The van der Waals surface area contributed by atoms with Crippen LogP contribution in [-0.2, 0) is 11.2 Å². The molecule has 100 valence electrons. The summed E-state index contributed by atoms with van der Waals surface area (Å²) < 4.78 is 0. The Morgan fingerprint density at radius 3 is 2.61 bits per heavy atom. The summed E-state index contributed by atoms with van der Waals surface area (Å²) in [5, 5.41) is 8.84. The molecule has 3 N–H and O–H groups in total. The number of carbonyl (C=O) groups is 1. The van der Waals surface area contributed by atoms with Crippen LogP contribution in [0.25, 0.3) is 0 Å². The fourth-order valence-electron chi connectivity index (χ4n) is 1.69. The largest absolute Gasteiger partial charge is 0.373 e. The molecule has 0 aliphatic rings. The highest BCUT2D eigenvalue weighted by Gasteiger charge is 2.09. The van der Waals surface area contributed by atoms with Gasteiger partial charge in [-0.3, -0.25) is 4.79 Å². The van der Waals surface area contributed by atoms with E-state index >= 15 is 0 Å². The molecule has 0 fully saturated rings. The molecule has 1 rings (SSSR count). The van der Waals surface area contributed by atoms with E-state index in [2.05, 4.69) is 32.8 Å². The summed E-state index contributed by atoms with van der Waals surface area (Å²) in [4.78, 5) is 19.6. The van der Waals surface area contributed by atoms with Crippen molar-refractivity contribution in [2.75, 3.05) is 31.3 Å². The molecule has 18 heavy (non-hydrogen) atoms. The maximum Gasteiger partial charge on any atom is 0.221 e. The quantitative estimate of drug-likeness (QED) is 0.674. The first kappa shape index (κ1) is 14.2. The van der Waals surface area contributed by atoms with Crippen LogP contribution in [-0.4, -0.2) is 36.5 Å². The smallest absolute Gasteiger partial charge is 0.221 e. The van der Waals surface area contributed by atoms with Crippen molar-refractivity contribution < 1.29 is 4.79 Å². The van der Waals surface area contributed by atoms with Crippen molar-refractivity contribution >= 4 is 17.5 Å². The zero-order valence-electron chi connectivity index (χ0n) is 11.2. The number of anilines is 2. The minimum atomic E-state index is 0.0161. The van der Waals surface area contributed by atoms with E-state index in [4.69, 9.17) is 0 Å². The van der Waals surface area contributed by atoms with Crippen molar-refractivity contribution in [1.29, 1.82) is 0 Å². The summed E-state index contributed by atoms with van der Waals surface area (Å²) >= 11 is 0. The van der Waals surface area contributed by atoms with E-state index in [1.54, 1.807) is 7.05 Å². The predicted octanol–water partition coefficient (Wildman–Crippen LogP) is 1.02. The van der Waals surface area contributed by atoms with Gasteiger partial charge in [-0.1, -0.05) is 13.3 Å². The van der Waals surface area contributed by atoms with E-state index in [1.165, 1.54) is 6.33 Å². The number of rotatable bonds is 7. The average Bonchev–Trinajstić information content (AvgIpc) is 2.40. The number of amides is 1. The van der Waals surface area contributed by atoms with Crippen LogP contribution in [0.4, 0.5) is 11.6 Å². The van der Waals surface area contributed by atoms with Crippen LogP contribution in [0.5, 0.6) is 0 Å². The molecule has 0 radical (unpaired) electrons. The van der Waals surface area contributed by atoms with Gasteiger partial charge in [-0.25, -0.2) is 9.97 Å². The molecule has 0 saturated heterocycles. The molecule has 0 aromatic carbocycles. The Kier molecular flexibility index (Phi) is 5.90. The zero-order chi connectivity index (χ0) is 13.4. The van der Waals surface area contributed by atoms with Gasteiger partial charge in [-0.2, -0.15) is 0 Å². The third-order valence-corrected chi connectivity index (χ3v) is 2.61. The van der Waals surface area contributed by atoms with Gasteiger partial charge in [0.1, 0.15) is 18.0 Å². The Morgan fingerprint density at radius 2 is 2.00 bits per heavy atom. The van der Waals surface area contributed by atoms with Crippen LogP contribution in [0.3, 0.4) is 0 Å². The molecule has 6 nitrogen and oxygen atoms in total. The number of nitrogens with zero attached hydrogens (tertiary/aromatic N) is 2. The number of aromatic nitrogens is 2. The van der Waals surface area contributed by atoms with Crippen molar-refractivity contribution in [3.8, 4) is 0 Å². The standard InChI is InChI=1S/C12H21N5O/c1-4-5-9-11(14-3)16-8-17-12(9)15-7-6-10(18)13-2/h8H,4-7H2,1-3H3,(H,13,18)(H2,14,15,16,17). The summed E-state index contributed by atoms with van der Waals surface area (Å²) in [6.45, 7) is 2.68. The van der Waals surface area contributed by atoms with Crippen molar-refractivity contribution in [2.24, 2.45) is 0 Å². The van der Waals surface area contributed by atoms with Gasteiger partial charge in [0.25, 0.3) is 0 Å². The molecule has 1 heterocycles. The number of nitrogens with one attached hydrogen (secondary N) is 3. The summed E-state index contributed by atoms with van der Waals surface area (Å²) in [6.07, 6.45) is 3.87. The predicted molar refractivity (Wildman–Crippen MR) is 72.7 cm³/mol. The summed E-state index contributed by atoms with van der Waals surface area (Å²) in [5.74, 6) is 1.66. The zero-order valence-corrected chi connectivity index (χ0v) is 11.2. The normalized spacial score (nSPS) is 9.94. The number of carbonyl (C=O) groups excluding carboxylic acids is 1.